The Balaban J connectivity index is 2.64. The number of hydrogen-bond donors (Lipinski definition) is 1. The summed E-state index contributed by atoms with van der Waals surface area (Å²) >= 11 is 0. The lowest BCUT2D eigenvalue weighted by Crippen LogP contribution is -2.29. The summed E-state index contributed by atoms with van der Waals surface area (Å²) in [5, 5.41) is 3.12. The molecular formula is C6H13NO2S. The number of nitrogens with one attached hydrogen (secondary N) is 1. The Morgan fingerprint density at radius 1 is 1.50 bits per heavy atom. The number of rotatable bonds is 0. The molecule has 1 unspecified atom stereocenters. The zero-order valence-corrected chi connectivity index (χ0v) is 6.95. The van der Waals surface area contributed by atoms with Crippen LogP contribution in [0.3, 0.4) is 0 Å². The summed E-state index contributed by atoms with van der Waals surface area (Å²) in [4.78, 5) is 0. The van der Waals surface area contributed by atoms with E-state index in [-0.39, 0.29) is 6.04 Å². The molecule has 60 valence electrons. The molecule has 1 fully saturated rings. The molecule has 1 aliphatic rings. The van der Waals surface area contributed by atoms with Crippen LogP contribution >= 0.6 is 0 Å². The van der Waals surface area contributed by atoms with Gasteiger partial charge in [-0.3, -0.25) is 0 Å². The van der Waals surface area contributed by atoms with Gasteiger partial charge in [-0.15, -0.1) is 0 Å². The standard InChI is InChI=1S/C6H13NO2S/c1-6-5-10(8,9)4-2-3-7-6/h6-7H,2-5H2,1H3. The summed E-state index contributed by atoms with van der Waals surface area (Å²) in [6.45, 7) is 2.74. The minimum atomic E-state index is -2.73. The van der Waals surface area contributed by atoms with E-state index >= 15 is 0 Å². The van der Waals surface area contributed by atoms with Gasteiger partial charge in [0.1, 0.15) is 0 Å². The molecule has 1 heterocycles. The molecule has 0 aromatic carbocycles. The van der Waals surface area contributed by atoms with E-state index in [1.165, 1.54) is 0 Å². The van der Waals surface area contributed by atoms with Gasteiger partial charge >= 0.3 is 0 Å². The van der Waals surface area contributed by atoms with Gasteiger partial charge in [0.05, 0.1) is 11.5 Å². The average molecular weight is 163 g/mol. The molecule has 1 rings (SSSR count). The lowest BCUT2D eigenvalue weighted by molar-refractivity contribution is 0.580. The van der Waals surface area contributed by atoms with E-state index < -0.39 is 9.84 Å². The largest absolute Gasteiger partial charge is 0.313 e. The maximum absolute atomic E-state index is 11.0. The van der Waals surface area contributed by atoms with Crippen molar-refractivity contribution in [3.63, 3.8) is 0 Å². The Hall–Kier alpha value is -0.0900. The second-order valence-electron chi connectivity index (χ2n) is 2.82. The fraction of sp³-hybridized carbons (Fsp3) is 1.00. The minimum absolute atomic E-state index is 0.132. The average Bonchev–Trinajstić information content (AvgIpc) is 1.90. The van der Waals surface area contributed by atoms with E-state index in [9.17, 15) is 8.42 Å². The highest BCUT2D eigenvalue weighted by molar-refractivity contribution is 7.91. The molecule has 0 radical (unpaired) electrons. The molecule has 3 nitrogen and oxygen atoms in total. The first-order valence-corrected chi connectivity index (χ1v) is 5.36. The van der Waals surface area contributed by atoms with Gasteiger partial charge < -0.3 is 5.32 Å². The van der Waals surface area contributed by atoms with Gasteiger partial charge in [0.25, 0.3) is 0 Å². The van der Waals surface area contributed by atoms with Gasteiger partial charge in [-0.1, -0.05) is 0 Å². The van der Waals surface area contributed by atoms with E-state index in [2.05, 4.69) is 5.32 Å². The smallest absolute Gasteiger partial charge is 0.151 e. The molecule has 1 atom stereocenters. The third-order valence-corrected chi connectivity index (χ3v) is 3.55. The molecule has 0 aliphatic carbocycles. The Morgan fingerprint density at radius 3 is 2.90 bits per heavy atom. The molecule has 0 bridgehead atoms. The third-order valence-electron chi connectivity index (χ3n) is 1.63. The summed E-state index contributed by atoms with van der Waals surface area (Å²) in [7, 11) is -2.73. The first kappa shape index (κ1) is 8.01. The minimum Gasteiger partial charge on any atom is -0.313 e. The first-order valence-electron chi connectivity index (χ1n) is 3.54. The maximum atomic E-state index is 11.0. The van der Waals surface area contributed by atoms with E-state index in [0.29, 0.717) is 11.5 Å². The zero-order chi connectivity index (χ0) is 7.61. The van der Waals surface area contributed by atoms with Gasteiger partial charge in [-0.05, 0) is 19.9 Å². The summed E-state index contributed by atoms with van der Waals surface area (Å²) in [6.07, 6.45) is 0.757. The van der Waals surface area contributed by atoms with Crippen molar-refractivity contribution in [2.24, 2.45) is 0 Å². The summed E-state index contributed by atoms with van der Waals surface area (Å²) < 4.78 is 22.1. The molecule has 0 aromatic heterocycles. The lowest BCUT2D eigenvalue weighted by Gasteiger charge is -2.06. The van der Waals surface area contributed by atoms with Crippen molar-refractivity contribution < 1.29 is 8.42 Å². The Labute approximate surface area is 61.7 Å². The highest BCUT2D eigenvalue weighted by atomic mass is 32.2. The van der Waals surface area contributed by atoms with Crippen LogP contribution in [-0.2, 0) is 9.84 Å². The van der Waals surface area contributed by atoms with Crippen LogP contribution in [0.15, 0.2) is 0 Å². The predicted molar refractivity (Wildman–Crippen MR) is 40.7 cm³/mol. The van der Waals surface area contributed by atoms with Crippen molar-refractivity contribution >= 4 is 9.84 Å². The van der Waals surface area contributed by atoms with Crippen molar-refractivity contribution in [3.05, 3.63) is 0 Å². The highest BCUT2D eigenvalue weighted by Gasteiger charge is 2.18. The van der Waals surface area contributed by atoms with E-state index in [0.717, 1.165) is 13.0 Å². The van der Waals surface area contributed by atoms with Crippen LogP contribution in [0.25, 0.3) is 0 Å². The van der Waals surface area contributed by atoms with Crippen molar-refractivity contribution in [1.82, 2.24) is 5.32 Å². The molecular weight excluding hydrogens is 150 g/mol. The van der Waals surface area contributed by atoms with E-state index in [1.54, 1.807) is 0 Å². The van der Waals surface area contributed by atoms with Crippen molar-refractivity contribution in [2.75, 3.05) is 18.1 Å². The van der Waals surface area contributed by atoms with Crippen LogP contribution in [-0.4, -0.2) is 32.5 Å². The molecule has 0 aromatic rings. The maximum Gasteiger partial charge on any atom is 0.151 e. The van der Waals surface area contributed by atoms with Crippen LogP contribution in [0.5, 0.6) is 0 Å². The SMILES string of the molecule is CC1CS(=O)(=O)CCCN1. The molecule has 0 amide bonds. The number of sulfone groups is 1. The molecule has 0 spiro atoms. The predicted octanol–water partition coefficient (Wildman–Crippen LogP) is -0.217. The Kier molecular flexibility index (Phi) is 2.31. The second-order valence-corrected chi connectivity index (χ2v) is 5.05. The van der Waals surface area contributed by atoms with Crippen LogP contribution in [0.1, 0.15) is 13.3 Å². The van der Waals surface area contributed by atoms with Gasteiger partial charge in [-0.2, -0.15) is 0 Å². The number of hydrogen-bond acceptors (Lipinski definition) is 3. The van der Waals surface area contributed by atoms with Crippen LogP contribution in [0.4, 0.5) is 0 Å². The van der Waals surface area contributed by atoms with Crippen LogP contribution in [0, 0.1) is 0 Å². The van der Waals surface area contributed by atoms with Crippen molar-refractivity contribution in [2.45, 2.75) is 19.4 Å². The fourth-order valence-electron chi connectivity index (χ4n) is 1.16. The monoisotopic (exact) mass is 163 g/mol. The second kappa shape index (κ2) is 2.88. The van der Waals surface area contributed by atoms with Crippen LogP contribution < -0.4 is 5.32 Å². The van der Waals surface area contributed by atoms with E-state index in [1.807, 2.05) is 6.92 Å². The highest BCUT2D eigenvalue weighted by Crippen LogP contribution is 2.01. The van der Waals surface area contributed by atoms with Crippen molar-refractivity contribution in [3.8, 4) is 0 Å². The fourth-order valence-corrected chi connectivity index (χ4v) is 2.79. The van der Waals surface area contributed by atoms with Crippen LogP contribution in [0.2, 0.25) is 0 Å². The Bertz CT molecular complexity index is 198. The van der Waals surface area contributed by atoms with Gasteiger partial charge in [0, 0.05) is 6.04 Å². The van der Waals surface area contributed by atoms with Gasteiger partial charge in [0.15, 0.2) is 9.84 Å². The summed E-state index contributed by atoms with van der Waals surface area (Å²) in [6, 6.07) is 0.132. The zero-order valence-electron chi connectivity index (χ0n) is 6.13. The molecule has 1 aliphatic heterocycles. The summed E-state index contributed by atoms with van der Waals surface area (Å²) in [5.74, 6) is 0.650. The molecule has 1 saturated heterocycles. The third kappa shape index (κ3) is 2.27. The van der Waals surface area contributed by atoms with E-state index in [4.69, 9.17) is 0 Å². The summed E-state index contributed by atoms with van der Waals surface area (Å²) in [5.41, 5.74) is 0. The lowest BCUT2D eigenvalue weighted by atomic mass is 10.4. The molecule has 4 heteroatoms. The van der Waals surface area contributed by atoms with Gasteiger partial charge in [-0.25, -0.2) is 8.42 Å². The topological polar surface area (TPSA) is 46.2 Å². The molecule has 1 N–H and O–H groups in total. The van der Waals surface area contributed by atoms with Gasteiger partial charge in [0.2, 0.25) is 0 Å². The van der Waals surface area contributed by atoms with Crippen molar-refractivity contribution in [1.29, 1.82) is 0 Å². The molecule has 0 saturated carbocycles. The molecule has 10 heavy (non-hydrogen) atoms. The quantitative estimate of drug-likeness (QED) is 0.537. The Morgan fingerprint density at radius 2 is 2.20 bits per heavy atom. The normalized spacial score (nSPS) is 33.1. The first-order chi connectivity index (χ1) is 4.60.